The van der Waals surface area contributed by atoms with Gasteiger partial charge in [-0.05, 0) is 20.8 Å². The molecule has 2 aliphatic heterocycles. The van der Waals surface area contributed by atoms with Gasteiger partial charge in [-0.2, -0.15) is 0 Å². The third-order valence-electron chi connectivity index (χ3n) is 3.86. The Balaban J connectivity index is 2.52. The van der Waals surface area contributed by atoms with E-state index in [4.69, 9.17) is 18.9 Å². The normalized spacial score (nSPS) is 25.1. The quantitative estimate of drug-likeness (QED) is 0.490. The molecule has 158 valence electrons. The highest BCUT2D eigenvalue weighted by molar-refractivity contribution is 8.10. The van der Waals surface area contributed by atoms with Crippen molar-refractivity contribution in [3.63, 3.8) is 0 Å². The van der Waals surface area contributed by atoms with Crippen molar-refractivity contribution < 1.29 is 33.3 Å². The Labute approximate surface area is 173 Å². The van der Waals surface area contributed by atoms with Crippen LogP contribution < -0.4 is 0 Å². The molecule has 0 radical (unpaired) electrons. The van der Waals surface area contributed by atoms with E-state index < -0.39 is 42.0 Å². The van der Waals surface area contributed by atoms with Gasteiger partial charge in [-0.1, -0.05) is 0 Å². The number of rotatable bonds is 4. The maximum atomic E-state index is 13.0. The van der Waals surface area contributed by atoms with Gasteiger partial charge < -0.3 is 18.9 Å². The molecule has 3 atom stereocenters. The molecule has 1 amide bonds. The summed E-state index contributed by atoms with van der Waals surface area (Å²) in [6, 6.07) is -0.766. The highest BCUT2D eigenvalue weighted by Gasteiger charge is 2.49. The molecule has 0 unspecified atom stereocenters. The Kier molecular flexibility index (Phi) is 7.69. The molecule has 10 heteroatoms. The zero-order chi connectivity index (χ0) is 21.1. The molecule has 0 bridgehead atoms. The van der Waals surface area contributed by atoms with E-state index in [-0.39, 0.29) is 6.61 Å². The van der Waals surface area contributed by atoms with Crippen LogP contribution in [0.25, 0.3) is 0 Å². The number of nitrogens with zero attached hydrogens (tertiary/aromatic N) is 1. The van der Waals surface area contributed by atoms with E-state index in [1.54, 1.807) is 44.3 Å². The number of hydrogen-bond donors (Lipinski definition) is 0. The number of carbonyl (C=O) groups is 3. The van der Waals surface area contributed by atoms with Crippen molar-refractivity contribution in [1.82, 2.24) is 4.90 Å². The second kappa shape index (κ2) is 9.41. The van der Waals surface area contributed by atoms with Crippen molar-refractivity contribution in [2.24, 2.45) is 0 Å². The average molecular weight is 434 g/mol. The van der Waals surface area contributed by atoms with Crippen LogP contribution in [0.3, 0.4) is 0 Å². The third-order valence-corrected chi connectivity index (χ3v) is 6.56. The molecule has 2 heterocycles. The van der Waals surface area contributed by atoms with E-state index >= 15 is 0 Å². The Hall–Kier alpha value is -1.39. The van der Waals surface area contributed by atoms with Gasteiger partial charge in [0.1, 0.15) is 18.2 Å². The van der Waals surface area contributed by atoms with Crippen molar-refractivity contribution in [2.45, 2.75) is 58.6 Å². The molecule has 0 saturated heterocycles. The van der Waals surface area contributed by atoms with Crippen molar-refractivity contribution in [3.8, 4) is 0 Å². The average Bonchev–Trinajstić information content (AvgIpc) is 2.58. The van der Waals surface area contributed by atoms with Crippen LogP contribution in [0.1, 0.15) is 34.6 Å². The first-order valence-electron chi connectivity index (χ1n) is 8.89. The van der Waals surface area contributed by atoms with Gasteiger partial charge in [-0.3, -0.25) is 14.5 Å². The van der Waals surface area contributed by atoms with E-state index in [2.05, 4.69) is 0 Å². The lowest BCUT2D eigenvalue weighted by molar-refractivity contribution is -0.157. The van der Waals surface area contributed by atoms with E-state index in [0.717, 1.165) is 21.3 Å². The molecule has 0 aromatic rings. The molecule has 28 heavy (non-hydrogen) atoms. The van der Waals surface area contributed by atoms with Gasteiger partial charge >= 0.3 is 18.0 Å². The van der Waals surface area contributed by atoms with E-state index in [1.807, 2.05) is 0 Å². The predicted octanol–water partition coefficient (Wildman–Crippen LogP) is 2.76. The van der Waals surface area contributed by atoms with Crippen molar-refractivity contribution in [1.29, 1.82) is 0 Å². The van der Waals surface area contributed by atoms with Crippen LogP contribution in [-0.2, 0) is 28.5 Å². The molecule has 8 nitrogen and oxygen atoms in total. The summed E-state index contributed by atoms with van der Waals surface area (Å²) in [7, 11) is 1.50. The minimum absolute atomic E-state index is 0.144. The Bertz CT molecular complexity index is 659. The predicted molar refractivity (Wildman–Crippen MR) is 107 cm³/mol. The summed E-state index contributed by atoms with van der Waals surface area (Å²) in [6.45, 7) is 7.73. The molecule has 0 saturated carbocycles. The lowest BCUT2D eigenvalue weighted by atomic mass is 10.0. The lowest BCUT2D eigenvalue weighted by Crippen LogP contribution is -2.60. The second-order valence-corrected chi connectivity index (χ2v) is 9.57. The molecular weight excluding hydrogens is 406 g/mol. The summed E-state index contributed by atoms with van der Waals surface area (Å²) in [5.41, 5.74) is -0.735. The molecule has 0 N–H and O–H groups in total. The largest absolute Gasteiger partial charge is 0.464 e. The first-order chi connectivity index (χ1) is 13.0. The molecule has 0 fully saturated rings. The number of esters is 2. The third kappa shape index (κ3) is 5.57. The van der Waals surface area contributed by atoms with Gasteiger partial charge in [0.05, 0.1) is 0 Å². The minimum Gasteiger partial charge on any atom is -0.464 e. The maximum Gasteiger partial charge on any atom is 0.413 e. The van der Waals surface area contributed by atoms with Crippen molar-refractivity contribution >= 4 is 41.6 Å². The van der Waals surface area contributed by atoms with E-state index in [1.165, 1.54) is 25.9 Å². The Morgan fingerprint density at radius 2 is 1.68 bits per heavy atom. The highest BCUT2D eigenvalue weighted by Crippen LogP contribution is 2.46. The van der Waals surface area contributed by atoms with Crippen LogP contribution in [0.2, 0.25) is 0 Å². The lowest BCUT2D eigenvalue weighted by Gasteiger charge is -2.46. The molecule has 0 aromatic carbocycles. The molecular formula is C18H27NO7S2. The van der Waals surface area contributed by atoms with Gasteiger partial charge in [-0.15, -0.1) is 23.5 Å². The Morgan fingerprint density at radius 3 is 2.18 bits per heavy atom. The van der Waals surface area contributed by atoms with Crippen LogP contribution in [0.4, 0.5) is 4.79 Å². The molecule has 2 aliphatic rings. The molecule has 0 aromatic heterocycles. The molecule has 0 spiro atoms. The number of methoxy groups -OCH3 is 1. The SMILES string of the molecule is CO[C@@H]1C2=C(SCCS2)[C@@H](OC(C)=O)[C@H](COC(C)=O)N1C(=O)OC(C)(C)C. The summed E-state index contributed by atoms with van der Waals surface area (Å²) in [5.74, 6) is 0.697. The standard InChI is InChI=1S/C18H27NO7S2/c1-10(20)24-9-12-13(25-11(2)21)14-15(28-8-7-27-14)16(23-6)19(12)17(22)26-18(3,4)5/h12-13,16H,7-9H2,1-6H3/t12-,13-,16+/m0/s1. The zero-order valence-electron chi connectivity index (χ0n) is 17.0. The van der Waals surface area contributed by atoms with Gasteiger partial charge in [0.25, 0.3) is 0 Å². The summed E-state index contributed by atoms with van der Waals surface area (Å²) in [5, 5.41) is 0. The number of ether oxygens (including phenoxy) is 4. The number of amides is 1. The summed E-state index contributed by atoms with van der Waals surface area (Å²) >= 11 is 3.13. The fourth-order valence-electron chi connectivity index (χ4n) is 2.93. The van der Waals surface area contributed by atoms with E-state index in [0.29, 0.717) is 0 Å². The number of carbonyl (C=O) groups excluding carboxylic acids is 3. The van der Waals surface area contributed by atoms with E-state index in [9.17, 15) is 14.4 Å². The fraction of sp³-hybridized carbons (Fsp3) is 0.722. The Morgan fingerprint density at radius 1 is 1.07 bits per heavy atom. The van der Waals surface area contributed by atoms with Gasteiger partial charge in [0.15, 0.2) is 12.3 Å². The van der Waals surface area contributed by atoms with Crippen LogP contribution in [0, 0.1) is 0 Å². The number of thioether (sulfide) groups is 2. The van der Waals surface area contributed by atoms with Crippen molar-refractivity contribution in [3.05, 3.63) is 9.81 Å². The van der Waals surface area contributed by atoms with Gasteiger partial charge in [-0.25, -0.2) is 4.79 Å². The summed E-state index contributed by atoms with van der Waals surface area (Å²) in [6.07, 6.45) is -2.10. The number of hydrogen-bond acceptors (Lipinski definition) is 9. The minimum atomic E-state index is -0.766. The van der Waals surface area contributed by atoms with Gasteiger partial charge in [0, 0.05) is 42.3 Å². The van der Waals surface area contributed by atoms with Crippen LogP contribution in [0.5, 0.6) is 0 Å². The molecule has 2 rings (SSSR count). The molecule has 0 aliphatic carbocycles. The first kappa shape index (κ1) is 22.9. The fourth-order valence-corrected chi connectivity index (χ4v) is 5.61. The van der Waals surface area contributed by atoms with Crippen molar-refractivity contribution in [2.75, 3.05) is 25.2 Å². The zero-order valence-corrected chi connectivity index (χ0v) is 18.6. The van der Waals surface area contributed by atoms with Gasteiger partial charge in [0.2, 0.25) is 0 Å². The maximum absolute atomic E-state index is 13.0. The summed E-state index contributed by atoms with van der Waals surface area (Å²) in [4.78, 5) is 39.3. The first-order valence-corrected chi connectivity index (χ1v) is 10.9. The topological polar surface area (TPSA) is 91.4 Å². The monoisotopic (exact) mass is 433 g/mol. The summed E-state index contributed by atoms with van der Waals surface area (Å²) < 4.78 is 22.0. The highest BCUT2D eigenvalue weighted by atomic mass is 32.2. The van der Waals surface area contributed by atoms with Crippen LogP contribution in [-0.4, -0.2) is 72.1 Å². The smallest absolute Gasteiger partial charge is 0.413 e. The second-order valence-electron chi connectivity index (χ2n) is 7.30. The van der Waals surface area contributed by atoms with Crippen LogP contribution in [0.15, 0.2) is 9.81 Å². The van der Waals surface area contributed by atoms with Crippen LogP contribution >= 0.6 is 23.5 Å².